The molecule has 22 heavy (non-hydrogen) atoms. The zero-order chi connectivity index (χ0) is 16.1. The maximum absolute atomic E-state index is 13.7. The Kier molecular flexibility index (Phi) is 5.31. The monoisotopic (exact) mass is 378 g/mol. The van der Waals surface area contributed by atoms with Gasteiger partial charge in [0.1, 0.15) is 17.5 Å². The molecule has 0 heterocycles. The second-order valence-corrected chi connectivity index (χ2v) is 5.59. The van der Waals surface area contributed by atoms with E-state index >= 15 is 0 Å². The van der Waals surface area contributed by atoms with Crippen molar-refractivity contribution in [3.8, 4) is 6.07 Å². The van der Waals surface area contributed by atoms with E-state index in [4.69, 9.17) is 16.9 Å². The van der Waals surface area contributed by atoms with Crippen molar-refractivity contribution in [3.05, 3.63) is 68.9 Å². The summed E-state index contributed by atoms with van der Waals surface area (Å²) < 4.78 is 14.3. The summed E-state index contributed by atoms with van der Waals surface area (Å²) in [4.78, 5) is 12.1. The van der Waals surface area contributed by atoms with Gasteiger partial charge >= 0.3 is 0 Å². The fourth-order valence-electron chi connectivity index (χ4n) is 1.68. The lowest BCUT2D eigenvalue weighted by atomic mass is 10.1. The van der Waals surface area contributed by atoms with Crippen molar-refractivity contribution in [2.45, 2.75) is 0 Å². The fraction of sp³-hybridized carbons (Fsp3) is 0. The Labute approximate surface area is 140 Å². The van der Waals surface area contributed by atoms with E-state index in [2.05, 4.69) is 21.2 Å². The first-order valence-electron chi connectivity index (χ1n) is 6.14. The molecule has 2 aromatic rings. The third kappa shape index (κ3) is 3.94. The van der Waals surface area contributed by atoms with Crippen LogP contribution in [0.5, 0.6) is 0 Å². The number of anilines is 1. The molecule has 1 N–H and O–H groups in total. The molecule has 110 valence electrons. The number of carbonyl (C=O) groups excluding carboxylic acids is 1. The molecular weight excluding hydrogens is 371 g/mol. The molecule has 0 saturated heterocycles. The van der Waals surface area contributed by atoms with Crippen molar-refractivity contribution in [3.63, 3.8) is 0 Å². The van der Waals surface area contributed by atoms with Gasteiger partial charge in [-0.25, -0.2) is 4.39 Å². The van der Waals surface area contributed by atoms with Crippen LogP contribution in [0.15, 0.2) is 52.5 Å². The van der Waals surface area contributed by atoms with Gasteiger partial charge in [0.25, 0.3) is 5.91 Å². The topological polar surface area (TPSA) is 52.9 Å². The number of halogens is 3. The molecule has 0 aromatic heterocycles. The van der Waals surface area contributed by atoms with Crippen LogP contribution in [-0.2, 0) is 4.79 Å². The zero-order valence-electron chi connectivity index (χ0n) is 11.1. The van der Waals surface area contributed by atoms with E-state index in [1.807, 2.05) is 0 Å². The highest BCUT2D eigenvalue weighted by Crippen LogP contribution is 2.21. The average molecular weight is 380 g/mol. The maximum atomic E-state index is 13.7. The summed E-state index contributed by atoms with van der Waals surface area (Å²) in [6.45, 7) is 0. The van der Waals surface area contributed by atoms with Crippen molar-refractivity contribution in [2.24, 2.45) is 0 Å². The summed E-state index contributed by atoms with van der Waals surface area (Å²) in [5, 5.41) is 11.9. The normalized spacial score (nSPS) is 10.9. The molecule has 2 rings (SSSR count). The number of carbonyl (C=O) groups is 1. The van der Waals surface area contributed by atoms with Crippen LogP contribution in [0.4, 0.5) is 10.1 Å². The molecule has 6 heteroatoms. The van der Waals surface area contributed by atoms with Gasteiger partial charge in [0.15, 0.2) is 0 Å². The van der Waals surface area contributed by atoms with E-state index in [-0.39, 0.29) is 11.3 Å². The largest absolute Gasteiger partial charge is 0.319 e. The van der Waals surface area contributed by atoms with Crippen molar-refractivity contribution in [2.75, 3.05) is 5.32 Å². The number of nitriles is 1. The van der Waals surface area contributed by atoms with Gasteiger partial charge in [-0.15, -0.1) is 0 Å². The molecule has 0 saturated carbocycles. The van der Waals surface area contributed by atoms with Crippen LogP contribution in [0.2, 0.25) is 5.02 Å². The van der Waals surface area contributed by atoms with E-state index in [1.54, 1.807) is 36.4 Å². The summed E-state index contributed by atoms with van der Waals surface area (Å²) in [6, 6.07) is 12.8. The Hall–Kier alpha value is -2.16. The average Bonchev–Trinajstić information content (AvgIpc) is 2.49. The van der Waals surface area contributed by atoms with Crippen LogP contribution in [0.3, 0.4) is 0 Å². The molecule has 0 fully saturated rings. The number of benzene rings is 2. The summed E-state index contributed by atoms with van der Waals surface area (Å²) in [6.07, 6.45) is 1.36. The minimum Gasteiger partial charge on any atom is -0.319 e. The molecule has 0 aliphatic heterocycles. The lowest BCUT2D eigenvalue weighted by Gasteiger charge is -2.06. The van der Waals surface area contributed by atoms with Crippen LogP contribution in [0.1, 0.15) is 5.56 Å². The van der Waals surface area contributed by atoms with Crippen molar-refractivity contribution in [1.82, 2.24) is 0 Å². The summed E-state index contributed by atoms with van der Waals surface area (Å²) in [5.74, 6) is -1.30. The highest BCUT2D eigenvalue weighted by atomic mass is 79.9. The van der Waals surface area contributed by atoms with E-state index in [0.29, 0.717) is 15.1 Å². The molecule has 0 radical (unpaired) electrons. The van der Waals surface area contributed by atoms with E-state index in [9.17, 15) is 9.18 Å². The van der Waals surface area contributed by atoms with Crippen LogP contribution >= 0.6 is 27.5 Å². The third-order valence-corrected chi connectivity index (χ3v) is 3.59. The van der Waals surface area contributed by atoms with Crippen LogP contribution in [0, 0.1) is 17.1 Å². The van der Waals surface area contributed by atoms with Crippen LogP contribution < -0.4 is 5.32 Å². The Bertz CT molecular complexity index is 799. The van der Waals surface area contributed by atoms with E-state index in [1.165, 1.54) is 18.2 Å². The molecule has 0 atom stereocenters. The van der Waals surface area contributed by atoms with Gasteiger partial charge < -0.3 is 5.32 Å². The highest BCUT2D eigenvalue weighted by Gasteiger charge is 2.13. The third-order valence-electron chi connectivity index (χ3n) is 2.75. The first kappa shape index (κ1) is 16.2. The summed E-state index contributed by atoms with van der Waals surface area (Å²) in [7, 11) is 0. The second kappa shape index (κ2) is 7.21. The van der Waals surface area contributed by atoms with Gasteiger partial charge in [-0.3, -0.25) is 4.79 Å². The van der Waals surface area contributed by atoms with Crippen LogP contribution in [0.25, 0.3) is 6.08 Å². The SMILES string of the molecule is N#CC(=Cc1ccccc1Cl)C(=O)Nc1ccc(Br)cc1F. The molecule has 3 nitrogen and oxygen atoms in total. The van der Waals surface area contributed by atoms with Crippen LogP contribution in [-0.4, -0.2) is 5.91 Å². The van der Waals surface area contributed by atoms with Gasteiger partial charge in [0, 0.05) is 9.50 Å². The standard InChI is InChI=1S/C16H9BrClFN2O/c17-12-5-6-15(14(19)8-12)21-16(22)11(9-20)7-10-3-1-2-4-13(10)18/h1-8H,(H,21,22). The van der Waals surface area contributed by atoms with E-state index in [0.717, 1.165) is 0 Å². The number of rotatable bonds is 3. The zero-order valence-corrected chi connectivity index (χ0v) is 13.5. The molecule has 0 bridgehead atoms. The predicted molar refractivity (Wildman–Crippen MR) is 87.8 cm³/mol. The minimum absolute atomic E-state index is 0.00601. The minimum atomic E-state index is -0.705. The number of hydrogen-bond acceptors (Lipinski definition) is 2. The molecule has 0 unspecified atom stereocenters. The number of hydrogen-bond donors (Lipinski definition) is 1. The lowest BCUT2D eigenvalue weighted by Crippen LogP contribution is -2.14. The second-order valence-electron chi connectivity index (χ2n) is 4.27. The molecule has 0 aliphatic rings. The molecule has 1 amide bonds. The maximum Gasteiger partial charge on any atom is 0.266 e. The Balaban J connectivity index is 2.27. The molecular formula is C16H9BrClFN2O. The molecule has 2 aromatic carbocycles. The number of nitrogens with one attached hydrogen (secondary N) is 1. The highest BCUT2D eigenvalue weighted by molar-refractivity contribution is 9.10. The smallest absolute Gasteiger partial charge is 0.266 e. The molecule has 0 spiro atoms. The predicted octanol–water partition coefficient (Wildman–Crippen LogP) is 4.79. The quantitative estimate of drug-likeness (QED) is 0.616. The lowest BCUT2D eigenvalue weighted by molar-refractivity contribution is -0.112. The Morgan fingerprint density at radius 2 is 2.05 bits per heavy atom. The summed E-state index contributed by atoms with van der Waals surface area (Å²) in [5.41, 5.74) is 0.357. The Morgan fingerprint density at radius 1 is 1.32 bits per heavy atom. The van der Waals surface area contributed by atoms with E-state index < -0.39 is 11.7 Å². The van der Waals surface area contributed by atoms with Crippen molar-refractivity contribution >= 4 is 45.2 Å². The van der Waals surface area contributed by atoms with Gasteiger partial charge in [0.05, 0.1) is 5.69 Å². The fourth-order valence-corrected chi connectivity index (χ4v) is 2.20. The first-order chi connectivity index (χ1) is 10.5. The van der Waals surface area contributed by atoms with Gasteiger partial charge in [-0.2, -0.15) is 5.26 Å². The molecule has 0 aliphatic carbocycles. The Morgan fingerprint density at radius 3 is 2.68 bits per heavy atom. The summed E-state index contributed by atoms with van der Waals surface area (Å²) >= 11 is 9.11. The van der Waals surface area contributed by atoms with Crippen molar-refractivity contribution < 1.29 is 9.18 Å². The van der Waals surface area contributed by atoms with Gasteiger partial charge in [-0.05, 0) is 35.9 Å². The van der Waals surface area contributed by atoms with Gasteiger partial charge in [0.2, 0.25) is 0 Å². The first-order valence-corrected chi connectivity index (χ1v) is 7.31. The van der Waals surface area contributed by atoms with Crippen molar-refractivity contribution in [1.29, 1.82) is 5.26 Å². The number of nitrogens with zero attached hydrogens (tertiary/aromatic N) is 1. The van der Waals surface area contributed by atoms with Gasteiger partial charge in [-0.1, -0.05) is 45.7 Å². The number of amides is 1.